The third-order valence-corrected chi connectivity index (χ3v) is 1.49. The highest BCUT2D eigenvalue weighted by atomic mass is 14.8. The summed E-state index contributed by atoms with van der Waals surface area (Å²) in [6.45, 7) is 0.842. The fourth-order valence-electron chi connectivity index (χ4n) is 0.875. The van der Waals surface area contributed by atoms with E-state index in [2.05, 4.69) is 10.3 Å². The lowest BCUT2D eigenvalue weighted by Gasteiger charge is -1.96. The van der Waals surface area contributed by atoms with Crippen molar-refractivity contribution in [3.05, 3.63) is 30.0 Å². The van der Waals surface area contributed by atoms with Crippen LogP contribution in [0, 0.1) is 0 Å². The molecule has 1 aromatic rings. The highest BCUT2D eigenvalue weighted by Crippen LogP contribution is 2.07. The number of likely N-dealkylation sites (N-methyl/N-ethyl adjacent to an activating group) is 1. The molecule has 0 fully saturated rings. The van der Waals surface area contributed by atoms with Crippen LogP contribution in [-0.4, -0.2) is 18.6 Å². The van der Waals surface area contributed by atoms with E-state index >= 15 is 0 Å². The molecule has 3 N–H and O–H groups in total. The van der Waals surface area contributed by atoms with E-state index in [1.165, 1.54) is 0 Å². The molecule has 0 aromatic carbocycles. The van der Waals surface area contributed by atoms with Crippen LogP contribution < -0.4 is 11.1 Å². The molecule has 64 valence electrons. The molecule has 0 bridgehead atoms. The van der Waals surface area contributed by atoms with E-state index in [1.54, 1.807) is 6.20 Å². The fraction of sp³-hybridized carbons (Fsp3) is 0.222. The van der Waals surface area contributed by atoms with Crippen LogP contribution in [-0.2, 0) is 0 Å². The molecule has 3 heteroatoms. The standard InChI is InChI=1S/C9H13N3/c1-11-6-2-4-8-5-3-7-12-9(8)10/h2-5,7,11H,6H2,1H3,(H2,10,12). The van der Waals surface area contributed by atoms with E-state index in [0.29, 0.717) is 5.82 Å². The minimum absolute atomic E-state index is 0.574. The summed E-state index contributed by atoms with van der Waals surface area (Å²) < 4.78 is 0. The first-order valence-corrected chi connectivity index (χ1v) is 3.86. The van der Waals surface area contributed by atoms with Crippen LogP contribution in [0.1, 0.15) is 5.56 Å². The van der Waals surface area contributed by atoms with Crippen molar-refractivity contribution in [3.63, 3.8) is 0 Å². The summed E-state index contributed by atoms with van der Waals surface area (Å²) in [6, 6.07) is 3.81. The monoisotopic (exact) mass is 163 g/mol. The maximum atomic E-state index is 5.62. The number of aromatic nitrogens is 1. The summed E-state index contributed by atoms with van der Waals surface area (Å²) in [5, 5.41) is 3.01. The number of nitrogens with one attached hydrogen (secondary N) is 1. The molecule has 0 saturated heterocycles. The summed E-state index contributed by atoms with van der Waals surface area (Å²) in [6.07, 6.45) is 5.65. The summed E-state index contributed by atoms with van der Waals surface area (Å²) in [5.74, 6) is 0.574. The van der Waals surface area contributed by atoms with Gasteiger partial charge in [-0.3, -0.25) is 0 Å². The minimum atomic E-state index is 0.574. The first-order valence-electron chi connectivity index (χ1n) is 3.86. The number of pyridine rings is 1. The molecule has 0 aliphatic heterocycles. The maximum absolute atomic E-state index is 5.62. The van der Waals surface area contributed by atoms with Crippen LogP contribution >= 0.6 is 0 Å². The van der Waals surface area contributed by atoms with Crippen molar-refractivity contribution in [2.45, 2.75) is 0 Å². The molecule has 0 atom stereocenters. The van der Waals surface area contributed by atoms with E-state index in [1.807, 2.05) is 31.3 Å². The number of rotatable bonds is 3. The summed E-state index contributed by atoms with van der Waals surface area (Å²) in [4.78, 5) is 3.96. The maximum Gasteiger partial charge on any atom is 0.130 e. The van der Waals surface area contributed by atoms with Gasteiger partial charge in [-0.1, -0.05) is 12.2 Å². The summed E-state index contributed by atoms with van der Waals surface area (Å²) >= 11 is 0. The van der Waals surface area contributed by atoms with Gasteiger partial charge < -0.3 is 11.1 Å². The third-order valence-electron chi connectivity index (χ3n) is 1.49. The molecule has 0 saturated carbocycles. The lowest BCUT2D eigenvalue weighted by atomic mass is 10.2. The van der Waals surface area contributed by atoms with Crippen LogP contribution in [0.5, 0.6) is 0 Å². The zero-order valence-electron chi connectivity index (χ0n) is 7.12. The molecule has 0 unspecified atom stereocenters. The number of nitrogen functional groups attached to an aromatic ring is 1. The highest BCUT2D eigenvalue weighted by molar-refractivity contribution is 5.60. The third kappa shape index (κ3) is 2.36. The van der Waals surface area contributed by atoms with Gasteiger partial charge in [0.25, 0.3) is 0 Å². The quantitative estimate of drug-likeness (QED) is 0.696. The molecular formula is C9H13N3. The van der Waals surface area contributed by atoms with Gasteiger partial charge in [0.15, 0.2) is 0 Å². The normalized spacial score (nSPS) is 10.8. The Hall–Kier alpha value is -1.35. The van der Waals surface area contributed by atoms with Gasteiger partial charge in [0.1, 0.15) is 5.82 Å². The largest absolute Gasteiger partial charge is 0.383 e. The molecule has 0 amide bonds. The topological polar surface area (TPSA) is 50.9 Å². The minimum Gasteiger partial charge on any atom is -0.383 e. The molecule has 0 radical (unpaired) electrons. The van der Waals surface area contributed by atoms with Crippen molar-refractivity contribution in [1.82, 2.24) is 10.3 Å². The van der Waals surface area contributed by atoms with Crippen LogP contribution in [0.25, 0.3) is 6.08 Å². The zero-order valence-corrected chi connectivity index (χ0v) is 7.12. The van der Waals surface area contributed by atoms with E-state index in [0.717, 1.165) is 12.1 Å². The van der Waals surface area contributed by atoms with Crippen molar-refractivity contribution >= 4 is 11.9 Å². The Kier molecular flexibility index (Phi) is 3.29. The Bertz CT molecular complexity index is 268. The van der Waals surface area contributed by atoms with Crippen LogP contribution in [0.4, 0.5) is 5.82 Å². The van der Waals surface area contributed by atoms with Crippen LogP contribution in [0.3, 0.4) is 0 Å². The lowest BCUT2D eigenvalue weighted by molar-refractivity contribution is 0.922. The van der Waals surface area contributed by atoms with Gasteiger partial charge in [-0.25, -0.2) is 4.98 Å². The van der Waals surface area contributed by atoms with E-state index < -0.39 is 0 Å². The molecule has 0 aliphatic rings. The summed E-state index contributed by atoms with van der Waals surface area (Å²) in [5.41, 5.74) is 6.59. The molecule has 0 spiro atoms. The van der Waals surface area contributed by atoms with Gasteiger partial charge in [-0.05, 0) is 19.2 Å². The number of nitrogens with zero attached hydrogens (tertiary/aromatic N) is 1. The number of hydrogen-bond acceptors (Lipinski definition) is 3. The zero-order chi connectivity index (χ0) is 8.81. The van der Waals surface area contributed by atoms with Gasteiger partial charge in [0, 0.05) is 18.3 Å². The fourth-order valence-corrected chi connectivity index (χ4v) is 0.875. The SMILES string of the molecule is CNCC=Cc1cccnc1N. The summed E-state index contributed by atoms with van der Waals surface area (Å²) in [7, 11) is 1.90. The van der Waals surface area contributed by atoms with Gasteiger partial charge in [-0.15, -0.1) is 0 Å². The van der Waals surface area contributed by atoms with E-state index in [4.69, 9.17) is 5.73 Å². The van der Waals surface area contributed by atoms with Crippen LogP contribution in [0.15, 0.2) is 24.4 Å². The van der Waals surface area contributed by atoms with Crippen molar-refractivity contribution in [3.8, 4) is 0 Å². The van der Waals surface area contributed by atoms with Crippen molar-refractivity contribution < 1.29 is 0 Å². The Morgan fingerprint density at radius 1 is 1.67 bits per heavy atom. The number of hydrogen-bond donors (Lipinski definition) is 2. The second-order valence-electron chi connectivity index (χ2n) is 2.44. The van der Waals surface area contributed by atoms with Crippen LogP contribution in [0.2, 0.25) is 0 Å². The average Bonchev–Trinajstić information content (AvgIpc) is 2.09. The van der Waals surface area contributed by atoms with E-state index in [9.17, 15) is 0 Å². The number of anilines is 1. The van der Waals surface area contributed by atoms with Crippen molar-refractivity contribution in [2.24, 2.45) is 0 Å². The molecule has 1 aromatic heterocycles. The highest BCUT2D eigenvalue weighted by Gasteiger charge is 1.91. The second kappa shape index (κ2) is 4.51. The van der Waals surface area contributed by atoms with Gasteiger partial charge >= 0.3 is 0 Å². The van der Waals surface area contributed by atoms with E-state index in [-0.39, 0.29) is 0 Å². The van der Waals surface area contributed by atoms with Crippen molar-refractivity contribution in [1.29, 1.82) is 0 Å². The first kappa shape index (κ1) is 8.74. The average molecular weight is 163 g/mol. The predicted octanol–water partition coefficient (Wildman–Crippen LogP) is 0.896. The first-order chi connectivity index (χ1) is 5.84. The molecule has 3 nitrogen and oxygen atoms in total. The molecule has 12 heavy (non-hydrogen) atoms. The molecule has 1 rings (SSSR count). The number of nitrogens with two attached hydrogens (primary N) is 1. The molecule has 0 aliphatic carbocycles. The Morgan fingerprint density at radius 2 is 2.50 bits per heavy atom. The van der Waals surface area contributed by atoms with Crippen molar-refractivity contribution in [2.75, 3.05) is 19.3 Å². The Morgan fingerprint density at radius 3 is 3.17 bits per heavy atom. The Balaban J connectivity index is 2.68. The predicted molar refractivity (Wildman–Crippen MR) is 51.6 cm³/mol. The van der Waals surface area contributed by atoms with Gasteiger partial charge in [0.05, 0.1) is 0 Å². The Labute approximate surface area is 72.3 Å². The molecule has 1 heterocycles. The smallest absolute Gasteiger partial charge is 0.130 e. The van der Waals surface area contributed by atoms with Gasteiger partial charge in [0.2, 0.25) is 0 Å². The second-order valence-corrected chi connectivity index (χ2v) is 2.44. The molecular weight excluding hydrogens is 150 g/mol. The van der Waals surface area contributed by atoms with Gasteiger partial charge in [-0.2, -0.15) is 0 Å². The lowest BCUT2D eigenvalue weighted by Crippen LogP contribution is -2.03.